The lowest BCUT2D eigenvalue weighted by atomic mass is 10.1. The molecule has 0 amide bonds. The highest BCUT2D eigenvalue weighted by atomic mass is 16.5. The molecular weight excluding hydrogens is 356 g/mol. The van der Waals surface area contributed by atoms with E-state index >= 15 is 0 Å². The predicted octanol–water partition coefficient (Wildman–Crippen LogP) is 4.45. The minimum atomic E-state index is -1.04. The average molecular weight is 378 g/mol. The number of hydrogen-bond donors (Lipinski definition) is 1. The topological polar surface area (TPSA) is 65.0 Å². The predicted molar refractivity (Wildman–Crippen MR) is 107 cm³/mol. The van der Waals surface area contributed by atoms with E-state index in [1.54, 1.807) is 37.4 Å². The molecule has 28 heavy (non-hydrogen) atoms. The van der Waals surface area contributed by atoms with Crippen LogP contribution in [0.15, 0.2) is 72.8 Å². The average Bonchev–Trinajstić information content (AvgIpc) is 2.74. The van der Waals surface area contributed by atoms with Gasteiger partial charge in [0.2, 0.25) is 0 Å². The van der Waals surface area contributed by atoms with E-state index < -0.39 is 12.1 Å². The minimum absolute atomic E-state index is 0.170. The van der Waals surface area contributed by atoms with E-state index in [4.69, 9.17) is 14.2 Å². The van der Waals surface area contributed by atoms with Gasteiger partial charge in [-0.3, -0.25) is 0 Å². The Bertz CT molecular complexity index is 919. The Balaban J connectivity index is 1.76. The van der Waals surface area contributed by atoms with E-state index in [0.717, 1.165) is 16.7 Å². The molecule has 0 spiro atoms. The van der Waals surface area contributed by atoms with Gasteiger partial charge in [-0.25, -0.2) is 4.79 Å². The van der Waals surface area contributed by atoms with Crippen molar-refractivity contribution in [2.45, 2.75) is 12.5 Å². The van der Waals surface area contributed by atoms with Crippen molar-refractivity contribution in [1.82, 2.24) is 0 Å². The first-order valence-corrected chi connectivity index (χ1v) is 8.86. The number of aliphatic carboxylic acids is 1. The molecule has 3 rings (SSSR count). The number of rotatable bonds is 8. The fraction of sp³-hybridized carbons (Fsp3) is 0.174. The van der Waals surface area contributed by atoms with Crippen LogP contribution in [-0.4, -0.2) is 31.4 Å². The Labute approximate surface area is 164 Å². The first-order valence-electron chi connectivity index (χ1n) is 8.86. The highest BCUT2D eigenvalue weighted by molar-refractivity contribution is 5.73. The smallest absolute Gasteiger partial charge is 0.345 e. The van der Waals surface area contributed by atoms with E-state index in [9.17, 15) is 9.90 Å². The molecule has 0 fully saturated rings. The van der Waals surface area contributed by atoms with Crippen LogP contribution in [0.5, 0.6) is 17.2 Å². The molecule has 3 aromatic rings. The molecule has 0 radical (unpaired) electrons. The van der Waals surface area contributed by atoms with Crippen molar-refractivity contribution < 1.29 is 24.1 Å². The standard InChI is InChI=1S/C23H22O5/c1-26-20-13-10-18(21(15-20)27-2)14-22(23(24)25)28-19-11-8-17(9-12-19)16-6-4-3-5-7-16/h3-13,15,22H,14H2,1-2H3,(H,24,25). The van der Waals surface area contributed by atoms with Gasteiger partial charge >= 0.3 is 5.97 Å². The molecule has 1 N–H and O–H groups in total. The Morgan fingerprint density at radius 2 is 1.50 bits per heavy atom. The van der Waals surface area contributed by atoms with Gasteiger partial charge in [0, 0.05) is 12.5 Å². The quantitative estimate of drug-likeness (QED) is 0.628. The summed E-state index contributed by atoms with van der Waals surface area (Å²) in [4.78, 5) is 11.7. The molecule has 0 aromatic heterocycles. The van der Waals surface area contributed by atoms with Gasteiger partial charge in [0.1, 0.15) is 17.2 Å². The molecule has 144 valence electrons. The van der Waals surface area contributed by atoms with Crippen LogP contribution in [0.4, 0.5) is 0 Å². The number of ether oxygens (including phenoxy) is 3. The maximum absolute atomic E-state index is 11.7. The van der Waals surface area contributed by atoms with Crippen LogP contribution in [0.3, 0.4) is 0 Å². The van der Waals surface area contributed by atoms with Crippen LogP contribution < -0.4 is 14.2 Å². The molecule has 0 aliphatic rings. The zero-order chi connectivity index (χ0) is 19.9. The highest BCUT2D eigenvalue weighted by Crippen LogP contribution is 2.27. The molecule has 3 aromatic carbocycles. The van der Waals surface area contributed by atoms with Crippen molar-refractivity contribution in [2.75, 3.05) is 14.2 Å². The molecule has 1 unspecified atom stereocenters. The van der Waals surface area contributed by atoms with Gasteiger partial charge in [-0.2, -0.15) is 0 Å². The maximum Gasteiger partial charge on any atom is 0.345 e. The number of methoxy groups -OCH3 is 2. The summed E-state index contributed by atoms with van der Waals surface area (Å²) in [7, 11) is 3.11. The summed E-state index contributed by atoms with van der Waals surface area (Å²) in [6, 6.07) is 22.6. The van der Waals surface area contributed by atoms with Crippen LogP contribution in [0.1, 0.15) is 5.56 Å². The molecule has 0 bridgehead atoms. The van der Waals surface area contributed by atoms with Crippen LogP contribution in [0.2, 0.25) is 0 Å². The maximum atomic E-state index is 11.7. The molecule has 0 heterocycles. The van der Waals surface area contributed by atoms with Gasteiger partial charge < -0.3 is 19.3 Å². The van der Waals surface area contributed by atoms with Crippen LogP contribution in [0, 0.1) is 0 Å². The molecule has 0 saturated carbocycles. The fourth-order valence-electron chi connectivity index (χ4n) is 2.92. The molecule has 0 aliphatic carbocycles. The second-order valence-electron chi connectivity index (χ2n) is 6.22. The molecule has 0 aliphatic heterocycles. The van der Waals surface area contributed by atoms with E-state index in [-0.39, 0.29) is 6.42 Å². The van der Waals surface area contributed by atoms with E-state index in [0.29, 0.717) is 17.2 Å². The summed E-state index contributed by atoms with van der Waals surface area (Å²) >= 11 is 0. The Morgan fingerprint density at radius 3 is 2.11 bits per heavy atom. The summed E-state index contributed by atoms with van der Waals surface area (Å²) in [5.74, 6) is 0.670. The van der Waals surface area contributed by atoms with Crippen molar-refractivity contribution in [1.29, 1.82) is 0 Å². The van der Waals surface area contributed by atoms with Gasteiger partial charge in [-0.15, -0.1) is 0 Å². The zero-order valence-electron chi connectivity index (χ0n) is 15.8. The van der Waals surface area contributed by atoms with Crippen molar-refractivity contribution in [3.63, 3.8) is 0 Å². The summed E-state index contributed by atoms with van der Waals surface area (Å²) in [5.41, 5.74) is 2.86. The minimum Gasteiger partial charge on any atom is -0.497 e. The van der Waals surface area contributed by atoms with Gasteiger partial charge in [0.15, 0.2) is 6.10 Å². The molecule has 1 atom stereocenters. The summed E-state index contributed by atoms with van der Waals surface area (Å²) in [6.07, 6.45) is -0.868. The Morgan fingerprint density at radius 1 is 0.857 bits per heavy atom. The second-order valence-corrected chi connectivity index (χ2v) is 6.22. The zero-order valence-corrected chi connectivity index (χ0v) is 15.8. The number of carbonyl (C=O) groups is 1. The second kappa shape index (κ2) is 8.95. The normalized spacial score (nSPS) is 11.5. The lowest BCUT2D eigenvalue weighted by Gasteiger charge is -2.17. The summed E-state index contributed by atoms with van der Waals surface area (Å²) < 4.78 is 16.3. The first-order chi connectivity index (χ1) is 13.6. The summed E-state index contributed by atoms with van der Waals surface area (Å²) in [5, 5.41) is 9.60. The van der Waals surface area contributed by atoms with Crippen LogP contribution in [-0.2, 0) is 11.2 Å². The van der Waals surface area contributed by atoms with Gasteiger partial charge in [-0.1, -0.05) is 48.5 Å². The number of hydrogen-bond acceptors (Lipinski definition) is 4. The van der Waals surface area contributed by atoms with Crippen molar-refractivity contribution in [2.24, 2.45) is 0 Å². The first kappa shape index (κ1) is 19.3. The lowest BCUT2D eigenvalue weighted by Crippen LogP contribution is -2.29. The summed E-state index contributed by atoms with van der Waals surface area (Å²) in [6.45, 7) is 0. The molecule has 0 saturated heterocycles. The van der Waals surface area contributed by atoms with Crippen molar-refractivity contribution in [3.8, 4) is 28.4 Å². The van der Waals surface area contributed by atoms with Crippen molar-refractivity contribution >= 4 is 5.97 Å². The van der Waals surface area contributed by atoms with E-state index in [2.05, 4.69) is 0 Å². The van der Waals surface area contributed by atoms with Gasteiger partial charge in [0.25, 0.3) is 0 Å². The monoisotopic (exact) mass is 378 g/mol. The Hall–Kier alpha value is -3.47. The fourth-order valence-corrected chi connectivity index (χ4v) is 2.92. The molecule has 5 nitrogen and oxygen atoms in total. The number of benzene rings is 3. The largest absolute Gasteiger partial charge is 0.497 e. The van der Waals surface area contributed by atoms with Crippen LogP contribution in [0.25, 0.3) is 11.1 Å². The number of carboxylic acid groups (broad SMARTS) is 1. The third-order valence-corrected chi connectivity index (χ3v) is 4.41. The van der Waals surface area contributed by atoms with Crippen LogP contribution >= 0.6 is 0 Å². The number of carboxylic acids is 1. The Kier molecular flexibility index (Phi) is 6.17. The van der Waals surface area contributed by atoms with Crippen molar-refractivity contribution in [3.05, 3.63) is 78.4 Å². The third-order valence-electron chi connectivity index (χ3n) is 4.41. The molecular formula is C23H22O5. The lowest BCUT2D eigenvalue weighted by molar-refractivity contribution is -0.145. The van der Waals surface area contributed by atoms with E-state index in [1.807, 2.05) is 42.5 Å². The van der Waals surface area contributed by atoms with E-state index in [1.165, 1.54) is 7.11 Å². The van der Waals surface area contributed by atoms with Gasteiger partial charge in [0.05, 0.1) is 14.2 Å². The SMILES string of the molecule is COc1ccc(CC(Oc2ccc(-c3ccccc3)cc2)C(=O)O)c(OC)c1. The highest BCUT2D eigenvalue weighted by Gasteiger charge is 2.22. The molecule has 5 heteroatoms. The third kappa shape index (κ3) is 4.62. The van der Waals surface area contributed by atoms with Gasteiger partial charge in [-0.05, 0) is 34.9 Å².